The van der Waals surface area contributed by atoms with Crippen molar-refractivity contribution in [1.82, 2.24) is 5.16 Å². The summed E-state index contributed by atoms with van der Waals surface area (Å²) in [5.74, 6) is 3.13. The molecule has 15 heavy (non-hydrogen) atoms. The normalized spacial score (nSPS) is 29.5. The third-order valence-electron chi connectivity index (χ3n) is 3.84. The Morgan fingerprint density at radius 2 is 2.27 bits per heavy atom. The molecule has 1 saturated carbocycles. The van der Waals surface area contributed by atoms with Gasteiger partial charge in [-0.2, -0.15) is 0 Å². The number of hydrogen-bond donors (Lipinski definition) is 1. The van der Waals surface area contributed by atoms with Gasteiger partial charge in [0.15, 0.2) is 0 Å². The predicted molar refractivity (Wildman–Crippen MR) is 57.8 cm³/mol. The molecular formula is C12H18N2O. The molecule has 0 spiro atoms. The molecule has 2 aliphatic carbocycles. The van der Waals surface area contributed by atoms with Crippen LogP contribution in [0.2, 0.25) is 0 Å². The van der Waals surface area contributed by atoms with Crippen LogP contribution in [0.3, 0.4) is 0 Å². The fourth-order valence-corrected chi connectivity index (χ4v) is 2.87. The average Bonchev–Trinajstić information content (AvgIpc) is 2.91. The minimum absolute atomic E-state index is 0.604. The van der Waals surface area contributed by atoms with E-state index in [4.69, 9.17) is 10.3 Å². The maximum atomic E-state index is 5.69. The standard InChI is InChI=1S/C12H18N2O/c1-7-6-10-11(9(7)4-5-13)12(14-15-10)8-2-3-8/h7-9H,2-6,13H2,1H3. The molecule has 2 N–H and O–H groups in total. The van der Waals surface area contributed by atoms with Gasteiger partial charge < -0.3 is 10.3 Å². The first-order valence-electron chi connectivity index (χ1n) is 5.99. The summed E-state index contributed by atoms with van der Waals surface area (Å²) in [6.45, 7) is 3.07. The third kappa shape index (κ3) is 1.41. The van der Waals surface area contributed by atoms with Crippen LogP contribution in [-0.2, 0) is 6.42 Å². The number of hydrogen-bond acceptors (Lipinski definition) is 3. The molecule has 1 aromatic rings. The van der Waals surface area contributed by atoms with Crippen LogP contribution in [0, 0.1) is 5.92 Å². The predicted octanol–water partition coefficient (Wildman–Crippen LogP) is 2.18. The van der Waals surface area contributed by atoms with E-state index in [1.807, 2.05) is 0 Å². The molecule has 2 unspecified atom stereocenters. The summed E-state index contributed by atoms with van der Waals surface area (Å²) in [5, 5.41) is 4.25. The van der Waals surface area contributed by atoms with Crippen molar-refractivity contribution in [3.63, 3.8) is 0 Å². The highest BCUT2D eigenvalue weighted by atomic mass is 16.5. The Balaban J connectivity index is 1.96. The summed E-state index contributed by atoms with van der Waals surface area (Å²) in [7, 11) is 0. The molecule has 1 aromatic heterocycles. The van der Waals surface area contributed by atoms with Gasteiger partial charge in [0.05, 0.1) is 5.69 Å². The molecular weight excluding hydrogens is 188 g/mol. The van der Waals surface area contributed by atoms with E-state index in [1.165, 1.54) is 24.1 Å². The highest BCUT2D eigenvalue weighted by molar-refractivity contribution is 5.36. The van der Waals surface area contributed by atoms with Crippen LogP contribution in [0.1, 0.15) is 55.0 Å². The second kappa shape index (κ2) is 3.34. The second-order valence-electron chi connectivity index (χ2n) is 5.04. The van der Waals surface area contributed by atoms with Gasteiger partial charge in [-0.15, -0.1) is 0 Å². The van der Waals surface area contributed by atoms with Gasteiger partial charge in [-0.3, -0.25) is 0 Å². The molecule has 82 valence electrons. The van der Waals surface area contributed by atoms with Crippen LogP contribution < -0.4 is 5.73 Å². The van der Waals surface area contributed by atoms with Crippen LogP contribution in [0.15, 0.2) is 4.52 Å². The van der Waals surface area contributed by atoms with Crippen LogP contribution in [-0.4, -0.2) is 11.7 Å². The van der Waals surface area contributed by atoms with E-state index in [-0.39, 0.29) is 0 Å². The smallest absolute Gasteiger partial charge is 0.140 e. The zero-order valence-corrected chi connectivity index (χ0v) is 9.20. The number of nitrogens with zero attached hydrogens (tertiary/aromatic N) is 1. The highest BCUT2D eigenvalue weighted by Crippen LogP contribution is 2.49. The van der Waals surface area contributed by atoms with Gasteiger partial charge in [0.2, 0.25) is 0 Å². The lowest BCUT2D eigenvalue weighted by Gasteiger charge is -2.15. The largest absolute Gasteiger partial charge is 0.361 e. The van der Waals surface area contributed by atoms with E-state index in [1.54, 1.807) is 0 Å². The second-order valence-corrected chi connectivity index (χ2v) is 5.04. The SMILES string of the molecule is CC1Cc2onc(C3CC3)c2C1CCN. The Bertz CT molecular complexity index is 368. The molecule has 3 rings (SSSR count). The molecule has 3 heteroatoms. The molecule has 0 amide bonds. The first kappa shape index (κ1) is 9.40. The molecule has 2 atom stereocenters. The summed E-state index contributed by atoms with van der Waals surface area (Å²) in [6.07, 6.45) is 4.72. The van der Waals surface area contributed by atoms with E-state index in [0.717, 1.165) is 25.1 Å². The van der Waals surface area contributed by atoms with Crippen molar-refractivity contribution in [3.05, 3.63) is 17.0 Å². The van der Waals surface area contributed by atoms with E-state index < -0.39 is 0 Å². The summed E-state index contributed by atoms with van der Waals surface area (Å²) < 4.78 is 5.46. The van der Waals surface area contributed by atoms with Crippen molar-refractivity contribution in [3.8, 4) is 0 Å². The van der Waals surface area contributed by atoms with Crippen molar-refractivity contribution in [2.45, 2.75) is 44.4 Å². The van der Waals surface area contributed by atoms with E-state index in [0.29, 0.717) is 17.8 Å². The first-order valence-corrected chi connectivity index (χ1v) is 5.99. The molecule has 0 radical (unpaired) electrons. The first-order chi connectivity index (χ1) is 7.31. The van der Waals surface area contributed by atoms with Gasteiger partial charge in [0, 0.05) is 17.9 Å². The van der Waals surface area contributed by atoms with Crippen LogP contribution in [0.25, 0.3) is 0 Å². The maximum absolute atomic E-state index is 5.69. The molecule has 0 saturated heterocycles. The van der Waals surface area contributed by atoms with Crippen LogP contribution in [0.5, 0.6) is 0 Å². The fraction of sp³-hybridized carbons (Fsp3) is 0.750. The van der Waals surface area contributed by atoms with Gasteiger partial charge in [-0.25, -0.2) is 0 Å². The highest BCUT2D eigenvalue weighted by Gasteiger charge is 2.40. The molecule has 0 aromatic carbocycles. The zero-order valence-electron chi connectivity index (χ0n) is 9.20. The minimum atomic E-state index is 0.604. The Morgan fingerprint density at radius 1 is 1.47 bits per heavy atom. The van der Waals surface area contributed by atoms with Crippen molar-refractivity contribution in [2.24, 2.45) is 11.7 Å². The maximum Gasteiger partial charge on any atom is 0.140 e. The van der Waals surface area contributed by atoms with E-state index >= 15 is 0 Å². The summed E-state index contributed by atoms with van der Waals surface area (Å²) >= 11 is 0. The number of fused-ring (bicyclic) bond motifs is 1. The fourth-order valence-electron chi connectivity index (χ4n) is 2.87. The average molecular weight is 206 g/mol. The van der Waals surface area contributed by atoms with Crippen LogP contribution in [0.4, 0.5) is 0 Å². The van der Waals surface area contributed by atoms with Gasteiger partial charge in [0.1, 0.15) is 5.76 Å². The van der Waals surface area contributed by atoms with Crippen molar-refractivity contribution >= 4 is 0 Å². The lowest BCUT2D eigenvalue weighted by atomic mass is 9.89. The van der Waals surface area contributed by atoms with Crippen molar-refractivity contribution in [2.75, 3.05) is 6.54 Å². The molecule has 1 heterocycles. The Hall–Kier alpha value is -0.830. The number of nitrogens with two attached hydrogens (primary N) is 1. The monoisotopic (exact) mass is 206 g/mol. The molecule has 2 aliphatic rings. The lowest BCUT2D eigenvalue weighted by molar-refractivity contribution is 0.360. The topological polar surface area (TPSA) is 52.0 Å². The van der Waals surface area contributed by atoms with Gasteiger partial charge in [-0.05, 0) is 37.6 Å². The number of rotatable bonds is 3. The van der Waals surface area contributed by atoms with Crippen molar-refractivity contribution in [1.29, 1.82) is 0 Å². The molecule has 0 bridgehead atoms. The Labute approximate surface area is 90.0 Å². The summed E-state index contributed by atoms with van der Waals surface area (Å²) in [6, 6.07) is 0. The summed E-state index contributed by atoms with van der Waals surface area (Å²) in [4.78, 5) is 0. The Kier molecular flexibility index (Phi) is 2.09. The Morgan fingerprint density at radius 3 is 2.93 bits per heavy atom. The van der Waals surface area contributed by atoms with Crippen molar-refractivity contribution < 1.29 is 4.52 Å². The minimum Gasteiger partial charge on any atom is -0.361 e. The third-order valence-corrected chi connectivity index (χ3v) is 3.84. The van der Waals surface area contributed by atoms with Gasteiger partial charge in [0.25, 0.3) is 0 Å². The lowest BCUT2D eigenvalue weighted by Crippen LogP contribution is -2.11. The number of aromatic nitrogens is 1. The summed E-state index contributed by atoms with van der Waals surface area (Å²) in [5.41, 5.74) is 8.37. The molecule has 3 nitrogen and oxygen atoms in total. The van der Waals surface area contributed by atoms with E-state index in [2.05, 4.69) is 12.1 Å². The van der Waals surface area contributed by atoms with Crippen LogP contribution >= 0.6 is 0 Å². The van der Waals surface area contributed by atoms with Gasteiger partial charge in [-0.1, -0.05) is 12.1 Å². The zero-order chi connectivity index (χ0) is 10.4. The molecule has 0 aliphatic heterocycles. The quantitative estimate of drug-likeness (QED) is 0.824. The molecule has 1 fully saturated rings. The van der Waals surface area contributed by atoms with E-state index in [9.17, 15) is 0 Å². The van der Waals surface area contributed by atoms with Gasteiger partial charge >= 0.3 is 0 Å².